The van der Waals surface area contributed by atoms with Crippen molar-refractivity contribution < 1.29 is 8.78 Å². The minimum atomic E-state index is -0.509. The van der Waals surface area contributed by atoms with Crippen molar-refractivity contribution in [3.8, 4) is 11.3 Å². The molecule has 7 rings (SSSR count). The average Bonchev–Trinajstić information content (AvgIpc) is 3.60. The van der Waals surface area contributed by atoms with E-state index >= 15 is 0 Å². The number of rotatable bonds is 4. The molecule has 31 heavy (non-hydrogen) atoms. The van der Waals surface area contributed by atoms with Crippen LogP contribution in [0.15, 0.2) is 49.2 Å². The van der Waals surface area contributed by atoms with Crippen LogP contribution in [0.2, 0.25) is 0 Å². The standard InChI is InChI=1S/C23H20F2N6/c24-15-1-4-19(25)18(9-15)23-10-14(23)5-7-30(23)21-6-8-31-22(28-21)17(11-27-31)20-12-29(13-26-20)16-2-3-16/h1,4,6,8-9,11-14,16H,2-3,5,7,10H2/t14-,23+/m0/s1. The molecule has 0 N–H and O–H groups in total. The Kier molecular flexibility index (Phi) is 3.31. The van der Waals surface area contributed by atoms with Crippen LogP contribution in [-0.4, -0.2) is 30.7 Å². The highest BCUT2D eigenvalue weighted by Crippen LogP contribution is 2.63. The maximum atomic E-state index is 14.7. The molecule has 4 aromatic rings. The average molecular weight is 418 g/mol. The fraction of sp³-hybridized carbons (Fsp3) is 0.348. The van der Waals surface area contributed by atoms with Crippen molar-refractivity contribution >= 4 is 11.5 Å². The molecule has 0 radical (unpaired) electrons. The predicted molar refractivity (Wildman–Crippen MR) is 111 cm³/mol. The summed E-state index contributed by atoms with van der Waals surface area (Å²) in [6.45, 7) is 0.767. The molecular formula is C23H20F2N6. The molecule has 0 amide bonds. The molecule has 1 aromatic carbocycles. The Bertz CT molecular complexity index is 1340. The van der Waals surface area contributed by atoms with Crippen LogP contribution in [0.5, 0.6) is 0 Å². The molecule has 6 nitrogen and oxygen atoms in total. The van der Waals surface area contributed by atoms with Gasteiger partial charge < -0.3 is 9.47 Å². The van der Waals surface area contributed by atoms with Gasteiger partial charge in [0.2, 0.25) is 0 Å². The number of aromatic nitrogens is 5. The number of benzene rings is 1. The van der Waals surface area contributed by atoms with Gasteiger partial charge in [-0.05, 0) is 55.9 Å². The Morgan fingerprint density at radius 2 is 2.00 bits per heavy atom. The van der Waals surface area contributed by atoms with Gasteiger partial charge in [-0.25, -0.2) is 23.3 Å². The number of anilines is 1. The van der Waals surface area contributed by atoms with Gasteiger partial charge in [-0.15, -0.1) is 0 Å². The van der Waals surface area contributed by atoms with Crippen LogP contribution < -0.4 is 4.90 Å². The lowest BCUT2D eigenvalue weighted by atomic mass is 10.0. The molecule has 0 unspecified atom stereocenters. The fourth-order valence-corrected chi connectivity index (χ4v) is 5.33. The molecule has 0 bridgehead atoms. The zero-order valence-electron chi connectivity index (χ0n) is 16.7. The molecule has 3 aromatic heterocycles. The van der Waals surface area contributed by atoms with Crippen molar-refractivity contribution in [2.24, 2.45) is 5.92 Å². The molecule has 3 aliphatic rings. The number of imidazole rings is 1. The summed E-state index contributed by atoms with van der Waals surface area (Å²) in [5.41, 5.74) is 2.37. The van der Waals surface area contributed by atoms with Crippen molar-refractivity contribution in [2.75, 3.05) is 11.4 Å². The lowest BCUT2D eigenvalue weighted by Gasteiger charge is -2.30. The second-order valence-corrected chi connectivity index (χ2v) is 8.94. The number of halogens is 2. The zero-order chi connectivity index (χ0) is 20.7. The summed E-state index contributed by atoms with van der Waals surface area (Å²) in [6, 6.07) is 6.22. The molecule has 156 valence electrons. The zero-order valence-corrected chi connectivity index (χ0v) is 16.7. The Hall–Kier alpha value is -3.29. The largest absolute Gasteiger partial charge is 0.346 e. The molecule has 2 saturated carbocycles. The van der Waals surface area contributed by atoms with Gasteiger partial charge in [-0.1, -0.05) is 0 Å². The Labute approximate surface area is 177 Å². The van der Waals surface area contributed by atoms with Gasteiger partial charge >= 0.3 is 0 Å². The van der Waals surface area contributed by atoms with Crippen molar-refractivity contribution in [1.29, 1.82) is 0 Å². The topological polar surface area (TPSA) is 51.2 Å². The third kappa shape index (κ3) is 2.44. The smallest absolute Gasteiger partial charge is 0.166 e. The minimum absolute atomic E-state index is 0.320. The first-order valence-corrected chi connectivity index (χ1v) is 10.7. The van der Waals surface area contributed by atoms with Crippen molar-refractivity contribution in [2.45, 2.75) is 37.3 Å². The number of hydrogen-bond acceptors (Lipinski definition) is 4. The lowest BCUT2D eigenvalue weighted by Crippen LogP contribution is -2.34. The predicted octanol–water partition coefficient (Wildman–Crippen LogP) is 4.33. The van der Waals surface area contributed by atoms with Gasteiger partial charge in [0.25, 0.3) is 0 Å². The summed E-state index contributed by atoms with van der Waals surface area (Å²) < 4.78 is 32.6. The number of hydrogen-bond donors (Lipinski definition) is 0. The van der Waals surface area contributed by atoms with Gasteiger partial charge in [0.1, 0.15) is 17.5 Å². The second kappa shape index (κ2) is 5.90. The molecule has 2 aliphatic carbocycles. The molecule has 0 spiro atoms. The summed E-state index contributed by atoms with van der Waals surface area (Å²) in [6.07, 6.45) is 11.8. The van der Waals surface area contributed by atoms with E-state index in [4.69, 9.17) is 4.98 Å². The summed E-state index contributed by atoms with van der Waals surface area (Å²) in [7, 11) is 0. The van der Waals surface area contributed by atoms with Gasteiger partial charge in [0, 0.05) is 30.5 Å². The van der Waals surface area contributed by atoms with E-state index in [0.717, 1.165) is 42.1 Å². The monoisotopic (exact) mass is 418 g/mol. The van der Waals surface area contributed by atoms with Crippen LogP contribution in [-0.2, 0) is 5.54 Å². The van der Waals surface area contributed by atoms with Crippen LogP contribution in [0, 0.1) is 17.6 Å². The van der Waals surface area contributed by atoms with Crippen LogP contribution >= 0.6 is 0 Å². The van der Waals surface area contributed by atoms with E-state index in [2.05, 4.69) is 25.7 Å². The van der Waals surface area contributed by atoms with E-state index in [1.54, 1.807) is 10.7 Å². The van der Waals surface area contributed by atoms with Crippen molar-refractivity contribution in [3.63, 3.8) is 0 Å². The molecule has 8 heteroatoms. The number of fused-ring (bicyclic) bond motifs is 2. The summed E-state index contributed by atoms with van der Waals surface area (Å²) in [5.74, 6) is 0.323. The molecule has 1 saturated heterocycles. The normalized spacial score (nSPS) is 24.7. The van der Waals surface area contributed by atoms with E-state index in [0.29, 0.717) is 17.5 Å². The lowest BCUT2D eigenvalue weighted by molar-refractivity contribution is 0.544. The van der Waals surface area contributed by atoms with Crippen LogP contribution in [0.3, 0.4) is 0 Å². The maximum Gasteiger partial charge on any atom is 0.166 e. The first-order chi connectivity index (χ1) is 15.1. The van der Waals surface area contributed by atoms with E-state index in [1.807, 2.05) is 18.6 Å². The molecule has 2 atom stereocenters. The Morgan fingerprint density at radius 3 is 2.84 bits per heavy atom. The maximum absolute atomic E-state index is 14.7. The van der Waals surface area contributed by atoms with Crippen LogP contribution in [0.4, 0.5) is 14.6 Å². The van der Waals surface area contributed by atoms with Crippen molar-refractivity contribution in [1.82, 2.24) is 24.1 Å². The molecule has 3 fully saturated rings. The van der Waals surface area contributed by atoms with E-state index in [-0.39, 0.29) is 5.82 Å². The van der Waals surface area contributed by atoms with E-state index in [9.17, 15) is 8.78 Å². The van der Waals surface area contributed by atoms with Crippen LogP contribution in [0.25, 0.3) is 16.9 Å². The second-order valence-electron chi connectivity index (χ2n) is 8.94. The summed E-state index contributed by atoms with van der Waals surface area (Å²) in [5, 5.41) is 4.44. The van der Waals surface area contributed by atoms with Crippen LogP contribution in [0.1, 0.15) is 37.3 Å². The first-order valence-electron chi connectivity index (χ1n) is 10.7. The number of nitrogens with zero attached hydrogens (tertiary/aromatic N) is 6. The molecule has 1 aliphatic heterocycles. The van der Waals surface area contributed by atoms with Gasteiger partial charge in [0.15, 0.2) is 5.65 Å². The Morgan fingerprint density at radius 1 is 1.10 bits per heavy atom. The highest BCUT2D eigenvalue weighted by atomic mass is 19.1. The SMILES string of the molecule is Fc1ccc(F)c([C@@]23C[C@@H]2CCN3c2ccn3ncc(-c4cn(C5CC5)cn4)c3n2)c1. The highest BCUT2D eigenvalue weighted by molar-refractivity contribution is 5.75. The molecule has 4 heterocycles. The quantitative estimate of drug-likeness (QED) is 0.495. The third-order valence-corrected chi connectivity index (χ3v) is 7.13. The summed E-state index contributed by atoms with van der Waals surface area (Å²) >= 11 is 0. The highest BCUT2D eigenvalue weighted by Gasteiger charge is 2.64. The third-order valence-electron chi connectivity index (χ3n) is 7.13. The van der Waals surface area contributed by atoms with Gasteiger partial charge in [0.05, 0.1) is 29.3 Å². The summed E-state index contributed by atoms with van der Waals surface area (Å²) in [4.78, 5) is 11.6. The minimum Gasteiger partial charge on any atom is -0.346 e. The van der Waals surface area contributed by atoms with Gasteiger partial charge in [-0.3, -0.25) is 0 Å². The fourth-order valence-electron chi connectivity index (χ4n) is 5.33. The molecular weight excluding hydrogens is 398 g/mol. The van der Waals surface area contributed by atoms with Crippen molar-refractivity contribution in [3.05, 3.63) is 66.4 Å². The van der Waals surface area contributed by atoms with E-state index < -0.39 is 11.4 Å². The number of piperidine rings is 1. The van der Waals surface area contributed by atoms with E-state index in [1.165, 1.54) is 31.0 Å². The first kappa shape index (κ1) is 17.4. The Balaban J connectivity index is 1.32. The van der Waals surface area contributed by atoms with Gasteiger partial charge in [-0.2, -0.15) is 5.10 Å².